The highest BCUT2D eigenvalue weighted by molar-refractivity contribution is 9.10. The first-order chi connectivity index (χ1) is 9.99. The van der Waals surface area contributed by atoms with Gasteiger partial charge in [0.05, 0.1) is 10.0 Å². The van der Waals surface area contributed by atoms with E-state index in [1.807, 2.05) is 18.2 Å². The summed E-state index contributed by atoms with van der Waals surface area (Å²) < 4.78 is 1.09. The highest BCUT2D eigenvalue weighted by atomic mass is 79.9. The van der Waals surface area contributed by atoms with Crippen LogP contribution < -0.4 is 5.73 Å². The molecule has 0 aliphatic carbocycles. The molecule has 0 fully saturated rings. The molecule has 2 rings (SSSR count). The summed E-state index contributed by atoms with van der Waals surface area (Å²) >= 11 is 17.3. The molecule has 2 N–H and O–H groups in total. The number of hydrogen-bond acceptors (Lipinski definition) is 2. The lowest BCUT2D eigenvalue weighted by atomic mass is 10.1. The second-order valence-corrected chi connectivity index (χ2v) is 7.62. The molecule has 0 aromatic heterocycles. The van der Waals surface area contributed by atoms with Crippen LogP contribution in [0, 0.1) is 0 Å². The standard InChI is InChI=1S/C16H16BrCl2NS/c1-2-11(20)7-10-3-4-12(8-14(10)17)21-13-5-6-15(18)16(19)9-13/h3-6,8-9,11H,2,7,20H2,1H3. The predicted octanol–water partition coefficient (Wildman–Crippen LogP) is 6.19. The Morgan fingerprint density at radius 1 is 1.10 bits per heavy atom. The fourth-order valence-electron chi connectivity index (χ4n) is 1.86. The van der Waals surface area contributed by atoms with Crippen LogP contribution in [0.3, 0.4) is 0 Å². The first-order valence-electron chi connectivity index (χ1n) is 6.66. The van der Waals surface area contributed by atoms with Crippen molar-refractivity contribution in [2.75, 3.05) is 0 Å². The van der Waals surface area contributed by atoms with Gasteiger partial charge in [-0.05, 0) is 48.7 Å². The molecule has 0 bridgehead atoms. The van der Waals surface area contributed by atoms with Crippen LogP contribution in [0.2, 0.25) is 10.0 Å². The average Bonchev–Trinajstić information content (AvgIpc) is 2.45. The van der Waals surface area contributed by atoms with Gasteiger partial charge in [-0.3, -0.25) is 0 Å². The third kappa shape index (κ3) is 4.90. The van der Waals surface area contributed by atoms with Crippen molar-refractivity contribution in [2.24, 2.45) is 5.73 Å². The van der Waals surface area contributed by atoms with Crippen LogP contribution in [0.25, 0.3) is 0 Å². The lowest BCUT2D eigenvalue weighted by Gasteiger charge is -2.11. The van der Waals surface area contributed by atoms with Gasteiger partial charge < -0.3 is 5.73 Å². The van der Waals surface area contributed by atoms with E-state index in [2.05, 4.69) is 41.1 Å². The van der Waals surface area contributed by atoms with E-state index in [1.165, 1.54) is 5.56 Å². The normalized spacial score (nSPS) is 12.4. The Labute approximate surface area is 148 Å². The molecule has 5 heteroatoms. The van der Waals surface area contributed by atoms with Crippen molar-refractivity contribution < 1.29 is 0 Å². The van der Waals surface area contributed by atoms with Crippen LogP contribution in [-0.2, 0) is 6.42 Å². The van der Waals surface area contributed by atoms with Crippen LogP contribution in [0.1, 0.15) is 18.9 Å². The summed E-state index contributed by atoms with van der Waals surface area (Å²) in [6.07, 6.45) is 1.86. The van der Waals surface area contributed by atoms with E-state index >= 15 is 0 Å². The van der Waals surface area contributed by atoms with Crippen LogP contribution in [0.5, 0.6) is 0 Å². The smallest absolute Gasteiger partial charge is 0.0603 e. The third-order valence-electron chi connectivity index (χ3n) is 3.16. The van der Waals surface area contributed by atoms with Gasteiger partial charge in [-0.1, -0.05) is 63.9 Å². The zero-order chi connectivity index (χ0) is 15.4. The molecule has 2 aromatic rings. The Hall–Kier alpha value is -0.190. The highest BCUT2D eigenvalue weighted by Crippen LogP contribution is 2.34. The number of rotatable bonds is 5. The Morgan fingerprint density at radius 2 is 1.76 bits per heavy atom. The quantitative estimate of drug-likeness (QED) is 0.642. The molecule has 112 valence electrons. The van der Waals surface area contributed by atoms with E-state index < -0.39 is 0 Å². The van der Waals surface area contributed by atoms with Gasteiger partial charge in [0.1, 0.15) is 0 Å². The number of nitrogens with two attached hydrogens (primary N) is 1. The molecule has 1 unspecified atom stereocenters. The van der Waals surface area contributed by atoms with E-state index in [-0.39, 0.29) is 6.04 Å². The molecular formula is C16H16BrCl2NS. The second-order valence-electron chi connectivity index (χ2n) is 4.80. The molecule has 0 heterocycles. The maximum Gasteiger partial charge on any atom is 0.0603 e. The fraction of sp³-hybridized carbons (Fsp3) is 0.250. The molecule has 1 nitrogen and oxygen atoms in total. The van der Waals surface area contributed by atoms with Crippen LogP contribution in [0.4, 0.5) is 0 Å². The van der Waals surface area contributed by atoms with E-state index in [0.29, 0.717) is 10.0 Å². The summed E-state index contributed by atoms with van der Waals surface area (Å²) in [7, 11) is 0. The first kappa shape index (κ1) is 17.2. The summed E-state index contributed by atoms with van der Waals surface area (Å²) in [5.74, 6) is 0. The van der Waals surface area contributed by atoms with E-state index in [4.69, 9.17) is 28.9 Å². The van der Waals surface area contributed by atoms with E-state index in [1.54, 1.807) is 11.8 Å². The molecule has 0 aliphatic rings. The number of halogens is 3. The highest BCUT2D eigenvalue weighted by Gasteiger charge is 2.08. The van der Waals surface area contributed by atoms with Gasteiger partial charge >= 0.3 is 0 Å². The van der Waals surface area contributed by atoms with Crippen molar-refractivity contribution in [3.63, 3.8) is 0 Å². The average molecular weight is 405 g/mol. The first-order valence-corrected chi connectivity index (χ1v) is 9.03. The van der Waals surface area contributed by atoms with Gasteiger partial charge in [0, 0.05) is 20.3 Å². The molecule has 0 spiro atoms. The van der Waals surface area contributed by atoms with Crippen molar-refractivity contribution >= 4 is 50.9 Å². The molecule has 1 atom stereocenters. The molecule has 0 radical (unpaired) electrons. The second kappa shape index (κ2) is 7.89. The molecule has 0 aliphatic heterocycles. The Morgan fingerprint density at radius 3 is 2.38 bits per heavy atom. The molecule has 0 amide bonds. The maximum atomic E-state index is 6.04. The monoisotopic (exact) mass is 403 g/mol. The Kier molecular flexibility index (Phi) is 6.45. The third-order valence-corrected chi connectivity index (χ3v) is 5.61. The van der Waals surface area contributed by atoms with Crippen LogP contribution in [0.15, 0.2) is 50.7 Å². The molecule has 0 saturated carbocycles. The minimum atomic E-state index is 0.204. The van der Waals surface area contributed by atoms with Crippen LogP contribution >= 0.6 is 50.9 Å². The van der Waals surface area contributed by atoms with E-state index in [0.717, 1.165) is 27.1 Å². The van der Waals surface area contributed by atoms with Crippen molar-refractivity contribution in [1.29, 1.82) is 0 Å². The van der Waals surface area contributed by atoms with Gasteiger partial charge in [-0.25, -0.2) is 0 Å². The Balaban J connectivity index is 2.14. The minimum absolute atomic E-state index is 0.204. The molecule has 21 heavy (non-hydrogen) atoms. The topological polar surface area (TPSA) is 26.0 Å². The van der Waals surface area contributed by atoms with Crippen molar-refractivity contribution in [2.45, 2.75) is 35.6 Å². The summed E-state index contributed by atoms with van der Waals surface area (Å²) in [4.78, 5) is 2.21. The van der Waals surface area contributed by atoms with Crippen molar-refractivity contribution in [3.05, 3.63) is 56.5 Å². The van der Waals surface area contributed by atoms with Gasteiger partial charge in [0.15, 0.2) is 0 Å². The largest absolute Gasteiger partial charge is 0.327 e. The van der Waals surface area contributed by atoms with Gasteiger partial charge in [0.2, 0.25) is 0 Å². The van der Waals surface area contributed by atoms with Crippen molar-refractivity contribution in [1.82, 2.24) is 0 Å². The molecule has 2 aromatic carbocycles. The molecular weight excluding hydrogens is 389 g/mol. The van der Waals surface area contributed by atoms with Gasteiger partial charge in [0.25, 0.3) is 0 Å². The fourth-order valence-corrected chi connectivity index (χ4v) is 3.81. The SMILES string of the molecule is CCC(N)Cc1ccc(Sc2ccc(Cl)c(Cl)c2)cc1Br. The lowest BCUT2D eigenvalue weighted by Crippen LogP contribution is -2.21. The predicted molar refractivity (Wildman–Crippen MR) is 96.7 cm³/mol. The van der Waals surface area contributed by atoms with Gasteiger partial charge in [-0.15, -0.1) is 0 Å². The number of benzene rings is 2. The maximum absolute atomic E-state index is 6.04. The zero-order valence-corrected chi connectivity index (χ0v) is 15.5. The summed E-state index contributed by atoms with van der Waals surface area (Å²) in [5, 5.41) is 1.15. The summed E-state index contributed by atoms with van der Waals surface area (Å²) in [6.45, 7) is 2.10. The molecule has 0 saturated heterocycles. The number of hydrogen-bond donors (Lipinski definition) is 1. The van der Waals surface area contributed by atoms with E-state index in [9.17, 15) is 0 Å². The minimum Gasteiger partial charge on any atom is -0.327 e. The van der Waals surface area contributed by atoms with Crippen LogP contribution in [-0.4, -0.2) is 6.04 Å². The lowest BCUT2D eigenvalue weighted by molar-refractivity contribution is 0.645. The summed E-state index contributed by atoms with van der Waals surface area (Å²) in [6, 6.07) is 12.2. The zero-order valence-electron chi connectivity index (χ0n) is 11.6. The van der Waals surface area contributed by atoms with Gasteiger partial charge in [-0.2, -0.15) is 0 Å². The summed E-state index contributed by atoms with van der Waals surface area (Å²) in [5.41, 5.74) is 7.25. The Bertz CT molecular complexity index is 634. The van der Waals surface area contributed by atoms with Crippen molar-refractivity contribution in [3.8, 4) is 0 Å².